The SMILES string of the molecule is CCc1oc2ccccc2c1C(N)C1Cc2ccccc21. The number of rotatable bonds is 3. The van der Waals surface area contributed by atoms with Crippen LogP contribution in [0.4, 0.5) is 0 Å². The Balaban J connectivity index is 1.80. The number of fused-ring (bicyclic) bond motifs is 2. The van der Waals surface area contributed by atoms with E-state index in [1.807, 2.05) is 12.1 Å². The highest BCUT2D eigenvalue weighted by molar-refractivity contribution is 5.83. The van der Waals surface area contributed by atoms with Crippen LogP contribution in [0.3, 0.4) is 0 Å². The van der Waals surface area contributed by atoms with Gasteiger partial charge in [0, 0.05) is 29.3 Å². The summed E-state index contributed by atoms with van der Waals surface area (Å²) in [6.07, 6.45) is 1.95. The van der Waals surface area contributed by atoms with Gasteiger partial charge >= 0.3 is 0 Å². The van der Waals surface area contributed by atoms with Crippen LogP contribution < -0.4 is 5.73 Å². The fourth-order valence-corrected chi connectivity index (χ4v) is 3.56. The summed E-state index contributed by atoms with van der Waals surface area (Å²) in [6.45, 7) is 2.13. The number of hydrogen-bond donors (Lipinski definition) is 1. The van der Waals surface area contributed by atoms with Crippen molar-refractivity contribution in [3.05, 3.63) is 71.0 Å². The molecule has 0 amide bonds. The summed E-state index contributed by atoms with van der Waals surface area (Å²) in [6, 6.07) is 16.8. The van der Waals surface area contributed by atoms with E-state index in [-0.39, 0.29) is 6.04 Å². The number of benzene rings is 2. The minimum atomic E-state index is 0.0125. The molecule has 1 aromatic heterocycles. The Morgan fingerprint density at radius 1 is 1.14 bits per heavy atom. The van der Waals surface area contributed by atoms with Crippen LogP contribution in [0.1, 0.15) is 41.3 Å². The summed E-state index contributed by atoms with van der Waals surface area (Å²) in [4.78, 5) is 0. The smallest absolute Gasteiger partial charge is 0.134 e. The van der Waals surface area contributed by atoms with Gasteiger partial charge in [0.05, 0.1) is 0 Å². The molecule has 2 atom stereocenters. The van der Waals surface area contributed by atoms with Crippen LogP contribution in [0.5, 0.6) is 0 Å². The maximum atomic E-state index is 6.64. The lowest BCUT2D eigenvalue weighted by atomic mass is 9.71. The second-order valence-electron chi connectivity index (χ2n) is 5.82. The molecule has 0 bridgehead atoms. The molecular weight excluding hydrogens is 258 g/mol. The van der Waals surface area contributed by atoms with Gasteiger partial charge in [-0.1, -0.05) is 49.4 Å². The standard InChI is InChI=1S/C19H19NO/c1-2-16-18(14-9-5-6-10-17(14)21-16)19(20)15-11-12-7-3-4-8-13(12)15/h3-10,15,19H,2,11,20H2,1H3. The Kier molecular flexibility index (Phi) is 2.86. The molecule has 2 unspecified atom stereocenters. The van der Waals surface area contributed by atoms with Gasteiger partial charge < -0.3 is 10.2 Å². The predicted molar refractivity (Wildman–Crippen MR) is 85.4 cm³/mol. The highest BCUT2D eigenvalue weighted by atomic mass is 16.3. The van der Waals surface area contributed by atoms with Crippen LogP contribution in [0.2, 0.25) is 0 Å². The van der Waals surface area contributed by atoms with Crippen molar-refractivity contribution in [2.75, 3.05) is 0 Å². The molecule has 0 saturated carbocycles. The van der Waals surface area contributed by atoms with Crippen LogP contribution >= 0.6 is 0 Å². The van der Waals surface area contributed by atoms with E-state index in [1.54, 1.807) is 0 Å². The fourth-order valence-electron chi connectivity index (χ4n) is 3.56. The summed E-state index contributed by atoms with van der Waals surface area (Å²) in [7, 11) is 0. The van der Waals surface area contributed by atoms with E-state index in [0.29, 0.717) is 5.92 Å². The molecule has 0 saturated heterocycles. The number of nitrogens with two attached hydrogens (primary N) is 1. The zero-order valence-corrected chi connectivity index (χ0v) is 12.2. The van der Waals surface area contributed by atoms with E-state index in [1.165, 1.54) is 22.1 Å². The lowest BCUT2D eigenvalue weighted by Crippen LogP contribution is -2.29. The minimum Gasteiger partial charge on any atom is -0.461 e. The monoisotopic (exact) mass is 277 g/mol. The Morgan fingerprint density at radius 2 is 1.90 bits per heavy atom. The summed E-state index contributed by atoms with van der Waals surface area (Å²) in [5, 5.41) is 1.17. The second kappa shape index (κ2) is 4.74. The van der Waals surface area contributed by atoms with Crippen molar-refractivity contribution < 1.29 is 4.42 Å². The Bertz CT molecular complexity index is 802. The molecule has 2 heteroatoms. The third-order valence-corrected chi connectivity index (χ3v) is 4.69. The molecule has 4 rings (SSSR count). The van der Waals surface area contributed by atoms with Crippen LogP contribution in [0, 0.1) is 0 Å². The van der Waals surface area contributed by atoms with Crippen LogP contribution in [-0.4, -0.2) is 0 Å². The average Bonchev–Trinajstić information content (AvgIpc) is 2.87. The lowest BCUT2D eigenvalue weighted by molar-refractivity contribution is 0.480. The Hall–Kier alpha value is -2.06. The van der Waals surface area contributed by atoms with Gasteiger partial charge in [-0.25, -0.2) is 0 Å². The third-order valence-electron chi connectivity index (χ3n) is 4.69. The van der Waals surface area contributed by atoms with E-state index in [4.69, 9.17) is 10.2 Å². The molecular formula is C19H19NO. The van der Waals surface area contributed by atoms with Crippen molar-refractivity contribution in [3.8, 4) is 0 Å². The van der Waals surface area contributed by atoms with Crippen LogP contribution in [0.15, 0.2) is 52.9 Å². The third kappa shape index (κ3) is 1.83. The van der Waals surface area contributed by atoms with E-state index >= 15 is 0 Å². The Morgan fingerprint density at radius 3 is 2.71 bits per heavy atom. The van der Waals surface area contributed by atoms with E-state index in [9.17, 15) is 0 Å². The molecule has 1 heterocycles. The highest BCUT2D eigenvalue weighted by Crippen LogP contribution is 2.45. The van der Waals surface area contributed by atoms with Gasteiger partial charge in [0.15, 0.2) is 0 Å². The van der Waals surface area contributed by atoms with Crippen molar-refractivity contribution in [3.63, 3.8) is 0 Å². The molecule has 0 fully saturated rings. The van der Waals surface area contributed by atoms with E-state index in [2.05, 4.69) is 43.3 Å². The molecule has 1 aliphatic rings. The summed E-state index contributed by atoms with van der Waals surface area (Å²) < 4.78 is 6.00. The van der Waals surface area contributed by atoms with Crippen LogP contribution in [-0.2, 0) is 12.8 Å². The van der Waals surface area contributed by atoms with E-state index < -0.39 is 0 Å². The number of aryl methyl sites for hydroxylation is 1. The van der Waals surface area contributed by atoms with Gasteiger partial charge in [0.25, 0.3) is 0 Å². The van der Waals surface area contributed by atoms with Gasteiger partial charge in [-0.3, -0.25) is 0 Å². The predicted octanol–water partition coefficient (Wildman–Crippen LogP) is 4.33. The van der Waals surface area contributed by atoms with Gasteiger partial charge in [-0.05, 0) is 23.6 Å². The van der Waals surface area contributed by atoms with Crippen molar-refractivity contribution in [2.24, 2.45) is 5.73 Å². The summed E-state index contributed by atoms with van der Waals surface area (Å²) in [5.41, 5.74) is 11.6. The molecule has 0 spiro atoms. The summed E-state index contributed by atoms with van der Waals surface area (Å²) >= 11 is 0. The second-order valence-corrected chi connectivity index (χ2v) is 5.82. The van der Waals surface area contributed by atoms with Crippen molar-refractivity contribution in [2.45, 2.75) is 31.7 Å². The first kappa shape index (κ1) is 12.7. The zero-order chi connectivity index (χ0) is 14.4. The minimum absolute atomic E-state index is 0.0125. The molecule has 1 aliphatic carbocycles. The van der Waals surface area contributed by atoms with Crippen molar-refractivity contribution in [1.82, 2.24) is 0 Å². The molecule has 106 valence electrons. The quantitative estimate of drug-likeness (QED) is 0.773. The maximum Gasteiger partial charge on any atom is 0.134 e. The highest BCUT2D eigenvalue weighted by Gasteiger charge is 2.34. The Labute approximate surface area is 124 Å². The number of furan rings is 1. The molecule has 2 nitrogen and oxygen atoms in total. The van der Waals surface area contributed by atoms with Gasteiger partial charge in [-0.2, -0.15) is 0 Å². The number of para-hydroxylation sites is 1. The fraction of sp³-hybridized carbons (Fsp3) is 0.263. The van der Waals surface area contributed by atoms with Gasteiger partial charge in [-0.15, -0.1) is 0 Å². The normalized spacial score (nSPS) is 18.3. The maximum absolute atomic E-state index is 6.64. The molecule has 3 aromatic rings. The molecule has 21 heavy (non-hydrogen) atoms. The molecule has 2 N–H and O–H groups in total. The van der Waals surface area contributed by atoms with Gasteiger partial charge in [0.1, 0.15) is 11.3 Å². The van der Waals surface area contributed by atoms with Crippen LogP contribution in [0.25, 0.3) is 11.0 Å². The largest absolute Gasteiger partial charge is 0.461 e. The van der Waals surface area contributed by atoms with Crippen molar-refractivity contribution >= 4 is 11.0 Å². The molecule has 2 aromatic carbocycles. The first-order valence-corrected chi connectivity index (χ1v) is 7.63. The van der Waals surface area contributed by atoms with Gasteiger partial charge in [0.2, 0.25) is 0 Å². The topological polar surface area (TPSA) is 39.2 Å². The average molecular weight is 277 g/mol. The van der Waals surface area contributed by atoms with E-state index in [0.717, 1.165) is 24.2 Å². The molecule has 0 aliphatic heterocycles. The molecule has 0 radical (unpaired) electrons. The first-order valence-electron chi connectivity index (χ1n) is 7.63. The first-order chi connectivity index (χ1) is 10.3. The summed E-state index contributed by atoms with van der Waals surface area (Å²) in [5.74, 6) is 1.44. The zero-order valence-electron chi connectivity index (χ0n) is 12.2. The van der Waals surface area contributed by atoms with Crippen molar-refractivity contribution in [1.29, 1.82) is 0 Å². The number of hydrogen-bond acceptors (Lipinski definition) is 2. The lowest BCUT2D eigenvalue weighted by Gasteiger charge is -2.34.